The molecule has 0 saturated carbocycles. The summed E-state index contributed by atoms with van der Waals surface area (Å²) in [5.41, 5.74) is 2.29. The van der Waals surface area contributed by atoms with Crippen molar-refractivity contribution in [2.75, 3.05) is 5.32 Å². The topological polar surface area (TPSA) is 93.7 Å². The summed E-state index contributed by atoms with van der Waals surface area (Å²) in [5.74, 6) is -0.913. The molecule has 3 aromatic rings. The molecule has 2 N–H and O–H groups in total. The largest absolute Gasteiger partial charge is 0.459 e. The van der Waals surface area contributed by atoms with Gasteiger partial charge in [0.25, 0.3) is 0 Å². The minimum absolute atomic E-state index is 0.00998. The fourth-order valence-electron chi connectivity index (χ4n) is 3.02. The normalized spacial score (nSPS) is 11.2. The fourth-order valence-corrected chi connectivity index (χ4v) is 3.38. The molecule has 3 rings (SSSR count). The zero-order chi connectivity index (χ0) is 24.2. The Bertz CT molecular complexity index is 1080. The number of benzene rings is 3. The number of carbonyl (C=O) groups is 3. The maximum atomic E-state index is 12.7. The number of ether oxygens (including phenoxy) is 2. The average molecular weight is 572 g/mol. The van der Waals surface area contributed by atoms with Crippen LogP contribution in [0.2, 0.25) is 0 Å². The molecular weight excluding hydrogens is 547 g/mol. The summed E-state index contributed by atoms with van der Waals surface area (Å²) in [6.07, 6.45) is -0.691. The highest BCUT2D eigenvalue weighted by atomic mass is 127. The van der Waals surface area contributed by atoms with E-state index in [9.17, 15) is 14.4 Å². The first-order valence-electron chi connectivity index (χ1n) is 10.7. The van der Waals surface area contributed by atoms with E-state index in [2.05, 4.69) is 33.2 Å². The van der Waals surface area contributed by atoms with Gasteiger partial charge in [0.1, 0.15) is 19.3 Å². The number of esters is 1. The predicted molar refractivity (Wildman–Crippen MR) is 137 cm³/mol. The van der Waals surface area contributed by atoms with Crippen LogP contribution < -0.4 is 10.6 Å². The van der Waals surface area contributed by atoms with Gasteiger partial charge >= 0.3 is 12.1 Å². The van der Waals surface area contributed by atoms with Crippen LogP contribution in [-0.2, 0) is 32.3 Å². The van der Waals surface area contributed by atoms with Crippen LogP contribution in [0.3, 0.4) is 0 Å². The summed E-state index contributed by atoms with van der Waals surface area (Å²) in [7, 11) is 0. The van der Waals surface area contributed by atoms with Gasteiger partial charge in [0, 0.05) is 15.7 Å². The summed E-state index contributed by atoms with van der Waals surface area (Å²) in [4.78, 5) is 37.4. The smallest absolute Gasteiger partial charge is 0.408 e. The number of hydrogen-bond acceptors (Lipinski definition) is 5. The number of halogens is 1. The highest BCUT2D eigenvalue weighted by molar-refractivity contribution is 14.1. The Morgan fingerprint density at radius 2 is 1.32 bits per heavy atom. The van der Waals surface area contributed by atoms with E-state index in [4.69, 9.17) is 9.47 Å². The Morgan fingerprint density at radius 3 is 1.91 bits per heavy atom. The molecule has 0 heterocycles. The van der Waals surface area contributed by atoms with Gasteiger partial charge in [-0.3, -0.25) is 4.79 Å². The van der Waals surface area contributed by atoms with E-state index in [1.165, 1.54) is 0 Å². The van der Waals surface area contributed by atoms with Gasteiger partial charge in [-0.05, 0) is 64.4 Å². The molecular formula is C26H25IN2O5. The molecule has 0 spiro atoms. The van der Waals surface area contributed by atoms with E-state index < -0.39 is 18.1 Å². The first-order valence-corrected chi connectivity index (χ1v) is 11.8. The van der Waals surface area contributed by atoms with Crippen LogP contribution in [0.5, 0.6) is 0 Å². The number of anilines is 1. The number of nitrogens with one attached hydrogen (secondary N) is 2. The number of hydrogen-bond donors (Lipinski definition) is 2. The lowest BCUT2D eigenvalue weighted by atomic mass is 10.1. The van der Waals surface area contributed by atoms with Gasteiger partial charge in [-0.1, -0.05) is 60.7 Å². The van der Waals surface area contributed by atoms with Crippen LogP contribution in [0.25, 0.3) is 0 Å². The molecule has 0 radical (unpaired) electrons. The summed E-state index contributed by atoms with van der Waals surface area (Å²) in [6.45, 7) is 0.123. The third-order valence-corrected chi connectivity index (χ3v) is 5.52. The molecule has 34 heavy (non-hydrogen) atoms. The molecule has 0 aromatic heterocycles. The van der Waals surface area contributed by atoms with Crippen molar-refractivity contribution in [1.29, 1.82) is 0 Å². The zero-order valence-corrected chi connectivity index (χ0v) is 20.6. The van der Waals surface area contributed by atoms with Crippen LogP contribution in [0.15, 0.2) is 84.9 Å². The van der Waals surface area contributed by atoms with Crippen molar-refractivity contribution in [2.45, 2.75) is 32.1 Å². The Kier molecular flexibility index (Phi) is 9.90. The Balaban J connectivity index is 1.56. The second-order valence-corrected chi connectivity index (χ2v) is 8.69. The number of alkyl carbamates (subject to hydrolysis) is 1. The highest BCUT2D eigenvalue weighted by Gasteiger charge is 2.24. The monoisotopic (exact) mass is 572 g/mol. The first-order chi connectivity index (χ1) is 16.5. The van der Waals surface area contributed by atoms with Gasteiger partial charge in [0.2, 0.25) is 5.91 Å². The number of amides is 2. The molecule has 0 fully saturated rings. The predicted octanol–water partition coefficient (Wildman–Crippen LogP) is 5.05. The molecule has 0 aliphatic heterocycles. The molecule has 3 aromatic carbocycles. The maximum Gasteiger partial charge on any atom is 0.408 e. The second-order valence-electron chi connectivity index (χ2n) is 7.45. The van der Waals surface area contributed by atoms with Crippen LogP contribution >= 0.6 is 22.6 Å². The minimum atomic E-state index is -1.03. The number of rotatable bonds is 10. The maximum absolute atomic E-state index is 12.7. The van der Waals surface area contributed by atoms with Crippen molar-refractivity contribution in [3.05, 3.63) is 99.6 Å². The summed E-state index contributed by atoms with van der Waals surface area (Å²) < 4.78 is 11.7. The van der Waals surface area contributed by atoms with Crippen LogP contribution in [0.4, 0.5) is 10.5 Å². The van der Waals surface area contributed by atoms with E-state index in [0.29, 0.717) is 5.69 Å². The molecule has 2 amide bonds. The van der Waals surface area contributed by atoms with Crippen LogP contribution in [0, 0.1) is 3.57 Å². The zero-order valence-electron chi connectivity index (χ0n) is 18.4. The van der Waals surface area contributed by atoms with E-state index in [0.717, 1.165) is 14.7 Å². The molecule has 1 atom stereocenters. The van der Waals surface area contributed by atoms with Gasteiger partial charge in [0.15, 0.2) is 0 Å². The van der Waals surface area contributed by atoms with Crippen LogP contribution in [0.1, 0.15) is 24.0 Å². The molecule has 0 saturated heterocycles. The quantitative estimate of drug-likeness (QED) is 0.262. The third-order valence-electron chi connectivity index (χ3n) is 4.80. The molecule has 7 nitrogen and oxygen atoms in total. The molecule has 176 valence electrons. The second kappa shape index (κ2) is 13.3. The number of carbonyl (C=O) groups excluding carboxylic acids is 3. The van der Waals surface area contributed by atoms with E-state index in [1.54, 1.807) is 12.1 Å². The first kappa shape index (κ1) is 25.2. The standard InChI is InChI=1S/C26H25IN2O5/c27-21-11-13-22(14-12-21)28-24(30)16-15-23(25(31)33-17-19-7-3-1-4-8-19)29-26(32)34-18-20-9-5-2-6-10-20/h1-14,23H,15-18H2,(H,28,30)(H,29,32)/t23-/m1/s1. The van der Waals surface area contributed by atoms with Gasteiger partial charge in [-0.2, -0.15) is 0 Å². The van der Waals surface area contributed by atoms with Gasteiger partial charge in [-0.25, -0.2) is 9.59 Å². The van der Waals surface area contributed by atoms with E-state index in [-0.39, 0.29) is 32.0 Å². The van der Waals surface area contributed by atoms with Gasteiger partial charge < -0.3 is 20.1 Å². The lowest BCUT2D eigenvalue weighted by Crippen LogP contribution is -2.42. The van der Waals surface area contributed by atoms with E-state index >= 15 is 0 Å². The fraction of sp³-hybridized carbons (Fsp3) is 0.192. The molecule has 0 unspecified atom stereocenters. The van der Waals surface area contributed by atoms with Gasteiger partial charge in [-0.15, -0.1) is 0 Å². The Labute approximate surface area is 212 Å². The Morgan fingerprint density at radius 1 is 0.765 bits per heavy atom. The lowest BCUT2D eigenvalue weighted by Gasteiger charge is -2.18. The van der Waals surface area contributed by atoms with Gasteiger partial charge in [0.05, 0.1) is 0 Å². The summed E-state index contributed by atoms with van der Waals surface area (Å²) in [6, 6.07) is 24.7. The van der Waals surface area contributed by atoms with Crippen molar-refractivity contribution in [3.63, 3.8) is 0 Å². The highest BCUT2D eigenvalue weighted by Crippen LogP contribution is 2.13. The SMILES string of the molecule is O=C(CC[C@@H](NC(=O)OCc1ccccc1)C(=O)OCc1ccccc1)Nc1ccc(I)cc1. The molecule has 0 bridgehead atoms. The Hall–Kier alpha value is -3.40. The summed E-state index contributed by atoms with van der Waals surface area (Å²) >= 11 is 2.18. The van der Waals surface area contributed by atoms with E-state index in [1.807, 2.05) is 72.8 Å². The third kappa shape index (κ3) is 8.86. The summed E-state index contributed by atoms with van der Waals surface area (Å²) in [5, 5.41) is 5.32. The van der Waals surface area contributed by atoms with Crippen molar-refractivity contribution in [3.8, 4) is 0 Å². The molecule has 8 heteroatoms. The average Bonchev–Trinajstić information content (AvgIpc) is 2.86. The molecule has 0 aliphatic rings. The van der Waals surface area contributed by atoms with Crippen molar-refractivity contribution >= 4 is 46.2 Å². The molecule has 0 aliphatic carbocycles. The van der Waals surface area contributed by atoms with Crippen LogP contribution in [-0.4, -0.2) is 24.0 Å². The lowest BCUT2D eigenvalue weighted by molar-refractivity contribution is -0.147. The minimum Gasteiger partial charge on any atom is -0.459 e. The van der Waals surface area contributed by atoms with Crippen molar-refractivity contribution in [2.24, 2.45) is 0 Å². The van der Waals surface area contributed by atoms with Crippen molar-refractivity contribution in [1.82, 2.24) is 5.32 Å². The van der Waals surface area contributed by atoms with Crippen molar-refractivity contribution < 1.29 is 23.9 Å².